The highest BCUT2D eigenvalue weighted by Gasteiger charge is 2.19. The molecule has 1 aliphatic rings. The molecule has 0 unspecified atom stereocenters. The summed E-state index contributed by atoms with van der Waals surface area (Å²) in [5.74, 6) is 0.624. The third kappa shape index (κ3) is 3.57. The van der Waals surface area contributed by atoms with E-state index in [2.05, 4.69) is 0 Å². The SMILES string of the molecule is CCN(Cc1ccc2c(c1)OCCO2)C(=O)Cn1c(=O)oc2cc(Cl)ccc21. The minimum Gasteiger partial charge on any atom is -0.486 e. The Kier molecular flexibility index (Phi) is 5.00. The molecule has 1 amide bonds. The zero-order valence-electron chi connectivity index (χ0n) is 15.3. The van der Waals surface area contributed by atoms with Crippen LogP contribution in [0.1, 0.15) is 12.5 Å². The molecule has 146 valence electrons. The van der Waals surface area contributed by atoms with Crippen LogP contribution in [0.5, 0.6) is 11.5 Å². The van der Waals surface area contributed by atoms with Crippen molar-refractivity contribution in [3.8, 4) is 11.5 Å². The number of aromatic nitrogens is 1. The number of fused-ring (bicyclic) bond motifs is 2. The number of benzene rings is 2. The van der Waals surface area contributed by atoms with Crippen LogP contribution in [-0.2, 0) is 17.9 Å². The number of amides is 1. The summed E-state index contributed by atoms with van der Waals surface area (Å²) in [4.78, 5) is 26.7. The van der Waals surface area contributed by atoms with Gasteiger partial charge in [0.05, 0.1) is 5.52 Å². The minimum atomic E-state index is -0.582. The van der Waals surface area contributed by atoms with Gasteiger partial charge in [-0.15, -0.1) is 0 Å². The lowest BCUT2D eigenvalue weighted by molar-refractivity contribution is -0.132. The van der Waals surface area contributed by atoms with Crippen LogP contribution >= 0.6 is 11.6 Å². The molecule has 0 N–H and O–H groups in total. The van der Waals surface area contributed by atoms with Gasteiger partial charge in [0.1, 0.15) is 19.8 Å². The molecule has 0 saturated carbocycles. The van der Waals surface area contributed by atoms with Gasteiger partial charge < -0.3 is 18.8 Å². The molecule has 0 fully saturated rings. The molecule has 0 atom stereocenters. The number of likely N-dealkylation sites (N-methyl/N-ethyl adjacent to an activating group) is 1. The van der Waals surface area contributed by atoms with Crippen LogP contribution < -0.4 is 15.2 Å². The molecule has 2 aromatic carbocycles. The molecule has 0 saturated heterocycles. The Bertz CT molecular complexity index is 1090. The van der Waals surface area contributed by atoms with Gasteiger partial charge in [-0.2, -0.15) is 0 Å². The fourth-order valence-electron chi connectivity index (χ4n) is 3.21. The normalized spacial score (nSPS) is 12.9. The van der Waals surface area contributed by atoms with Gasteiger partial charge in [0.2, 0.25) is 5.91 Å². The second-order valence-electron chi connectivity index (χ2n) is 6.45. The molecule has 4 rings (SSSR count). The number of halogens is 1. The highest BCUT2D eigenvalue weighted by molar-refractivity contribution is 6.31. The van der Waals surface area contributed by atoms with Crippen molar-refractivity contribution in [2.45, 2.75) is 20.0 Å². The smallest absolute Gasteiger partial charge is 0.420 e. The van der Waals surface area contributed by atoms with Crippen LogP contribution in [0.4, 0.5) is 0 Å². The molecular weight excluding hydrogens is 384 g/mol. The molecule has 8 heteroatoms. The van der Waals surface area contributed by atoms with Crippen LogP contribution in [0.3, 0.4) is 0 Å². The van der Waals surface area contributed by atoms with Crippen LogP contribution in [0.2, 0.25) is 5.02 Å². The third-order valence-corrected chi connectivity index (χ3v) is 4.87. The van der Waals surface area contributed by atoms with Gasteiger partial charge in [0, 0.05) is 24.2 Å². The summed E-state index contributed by atoms with van der Waals surface area (Å²) < 4.78 is 17.6. The monoisotopic (exact) mass is 402 g/mol. The molecule has 28 heavy (non-hydrogen) atoms. The Morgan fingerprint density at radius 1 is 1.14 bits per heavy atom. The van der Waals surface area contributed by atoms with E-state index in [0.29, 0.717) is 53.9 Å². The Morgan fingerprint density at radius 2 is 1.93 bits per heavy atom. The second kappa shape index (κ2) is 7.59. The van der Waals surface area contributed by atoms with Gasteiger partial charge >= 0.3 is 5.76 Å². The van der Waals surface area contributed by atoms with Crippen molar-refractivity contribution in [1.29, 1.82) is 0 Å². The molecule has 1 aromatic heterocycles. The predicted octanol–water partition coefficient (Wildman–Crippen LogP) is 3.07. The lowest BCUT2D eigenvalue weighted by atomic mass is 10.1. The first-order valence-electron chi connectivity index (χ1n) is 9.00. The molecule has 1 aliphatic heterocycles. The minimum absolute atomic E-state index is 0.105. The van der Waals surface area contributed by atoms with Gasteiger partial charge in [-0.05, 0) is 36.8 Å². The van der Waals surface area contributed by atoms with Gasteiger partial charge in [0.15, 0.2) is 17.1 Å². The van der Waals surface area contributed by atoms with Crippen molar-refractivity contribution in [3.05, 3.63) is 57.5 Å². The quantitative estimate of drug-likeness (QED) is 0.655. The second-order valence-corrected chi connectivity index (χ2v) is 6.89. The molecule has 7 nitrogen and oxygen atoms in total. The number of carbonyl (C=O) groups excluding carboxylic acids is 1. The van der Waals surface area contributed by atoms with Gasteiger partial charge in [-0.1, -0.05) is 17.7 Å². The van der Waals surface area contributed by atoms with Crippen LogP contribution in [0.15, 0.2) is 45.6 Å². The number of rotatable bonds is 5. The Labute approximate surface area is 166 Å². The topological polar surface area (TPSA) is 73.9 Å². The van der Waals surface area contributed by atoms with E-state index in [4.69, 9.17) is 25.5 Å². The summed E-state index contributed by atoms with van der Waals surface area (Å²) in [5, 5.41) is 0.466. The molecule has 2 heterocycles. The zero-order chi connectivity index (χ0) is 19.7. The summed E-state index contributed by atoms with van der Waals surface area (Å²) in [6, 6.07) is 10.5. The van der Waals surface area contributed by atoms with Crippen molar-refractivity contribution in [1.82, 2.24) is 9.47 Å². The van der Waals surface area contributed by atoms with Crippen molar-refractivity contribution >= 4 is 28.6 Å². The standard InChI is InChI=1S/C20H19ClN2O5/c1-2-22(11-13-3-6-16-18(9-13)27-8-7-26-16)19(24)12-23-15-5-4-14(21)10-17(15)28-20(23)25/h3-6,9-10H,2,7-8,11-12H2,1H3. The Hall–Kier alpha value is -2.93. The summed E-state index contributed by atoms with van der Waals surface area (Å²) in [6.07, 6.45) is 0. The largest absolute Gasteiger partial charge is 0.486 e. The summed E-state index contributed by atoms with van der Waals surface area (Å²) in [5.41, 5.74) is 1.83. The lowest BCUT2D eigenvalue weighted by Crippen LogP contribution is -2.35. The number of hydrogen-bond donors (Lipinski definition) is 0. The highest BCUT2D eigenvalue weighted by atomic mass is 35.5. The van der Waals surface area contributed by atoms with E-state index < -0.39 is 5.76 Å². The number of ether oxygens (including phenoxy) is 2. The average molecular weight is 403 g/mol. The van der Waals surface area contributed by atoms with Crippen LogP contribution in [0.25, 0.3) is 11.1 Å². The maximum absolute atomic E-state index is 12.8. The van der Waals surface area contributed by atoms with Gasteiger partial charge in [-0.25, -0.2) is 4.79 Å². The zero-order valence-corrected chi connectivity index (χ0v) is 16.1. The van der Waals surface area contributed by atoms with Crippen LogP contribution in [-0.4, -0.2) is 35.1 Å². The summed E-state index contributed by atoms with van der Waals surface area (Å²) in [7, 11) is 0. The van der Waals surface area contributed by atoms with Crippen molar-refractivity contribution < 1.29 is 18.7 Å². The van der Waals surface area contributed by atoms with E-state index in [1.807, 2.05) is 25.1 Å². The predicted molar refractivity (Wildman–Crippen MR) is 104 cm³/mol. The molecule has 0 spiro atoms. The highest BCUT2D eigenvalue weighted by Crippen LogP contribution is 2.31. The van der Waals surface area contributed by atoms with E-state index in [1.165, 1.54) is 4.57 Å². The number of nitrogens with zero attached hydrogens (tertiary/aromatic N) is 2. The third-order valence-electron chi connectivity index (χ3n) is 4.64. The van der Waals surface area contributed by atoms with E-state index in [1.54, 1.807) is 23.1 Å². The first kappa shape index (κ1) is 18.4. The number of oxazole rings is 1. The number of hydrogen-bond acceptors (Lipinski definition) is 5. The molecular formula is C20H19ClN2O5. The average Bonchev–Trinajstić information content (AvgIpc) is 3.00. The molecule has 3 aromatic rings. The fraction of sp³-hybridized carbons (Fsp3) is 0.300. The van der Waals surface area contributed by atoms with Crippen LogP contribution in [0, 0.1) is 0 Å². The Morgan fingerprint density at radius 3 is 2.71 bits per heavy atom. The Balaban J connectivity index is 1.53. The van der Waals surface area contributed by atoms with E-state index >= 15 is 0 Å². The van der Waals surface area contributed by atoms with Crippen molar-refractivity contribution in [2.75, 3.05) is 19.8 Å². The van der Waals surface area contributed by atoms with Gasteiger partial charge in [-0.3, -0.25) is 9.36 Å². The van der Waals surface area contributed by atoms with Crippen molar-refractivity contribution in [3.63, 3.8) is 0 Å². The number of carbonyl (C=O) groups is 1. The first-order valence-corrected chi connectivity index (χ1v) is 9.38. The maximum Gasteiger partial charge on any atom is 0.420 e. The van der Waals surface area contributed by atoms with E-state index in [-0.39, 0.29) is 12.5 Å². The molecule has 0 aliphatic carbocycles. The summed E-state index contributed by atoms with van der Waals surface area (Å²) in [6.45, 7) is 3.74. The van der Waals surface area contributed by atoms with Crippen molar-refractivity contribution in [2.24, 2.45) is 0 Å². The first-order chi connectivity index (χ1) is 13.5. The van der Waals surface area contributed by atoms with E-state index in [9.17, 15) is 9.59 Å². The van der Waals surface area contributed by atoms with E-state index in [0.717, 1.165) is 5.56 Å². The fourth-order valence-corrected chi connectivity index (χ4v) is 3.37. The van der Waals surface area contributed by atoms with Gasteiger partial charge in [0.25, 0.3) is 0 Å². The maximum atomic E-state index is 12.8. The summed E-state index contributed by atoms with van der Waals surface area (Å²) >= 11 is 5.93. The molecule has 0 radical (unpaired) electrons. The molecule has 0 bridgehead atoms. The lowest BCUT2D eigenvalue weighted by Gasteiger charge is -2.23.